The highest BCUT2D eigenvalue weighted by molar-refractivity contribution is 7.85. The fourth-order valence-electron chi connectivity index (χ4n) is 2.04. The van der Waals surface area contributed by atoms with Gasteiger partial charge in [0.05, 0.1) is 54.7 Å². The normalized spacial score (nSPS) is 13.5. The molecule has 2 atom stereocenters. The summed E-state index contributed by atoms with van der Waals surface area (Å²) >= 11 is 0. The first kappa shape index (κ1) is 25.9. The van der Waals surface area contributed by atoms with Crippen LogP contribution in [0.25, 0.3) is 0 Å². The number of benzene rings is 1. The van der Waals surface area contributed by atoms with Crippen molar-refractivity contribution < 1.29 is 51.7 Å². The highest BCUT2D eigenvalue weighted by Gasteiger charge is 2.20. The molecule has 0 radical (unpaired) electrons. The lowest BCUT2D eigenvalue weighted by Gasteiger charge is -2.10. The van der Waals surface area contributed by atoms with E-state index in [4.69, 9.17) is 29.2 Å². The third-order valence-electron chi connectivity index (χ3n) is 3.32. The van der Waals surface area contributed by atoms with E-state index in [1.807, 2.05) is 0 Å². The smallest absolute Gasteiger partial charge is 0.338 e. The second kappa shape index (κ2) is 12.6. The predicted molar refractivity (Wildman–Crippen MR) is 102 cm³/mol. The molecule has 2 unspecified atom stereocenters. The average Bonchev–Trinajstić information content (AvgIpc) is 2.65. The number of aliphatic hydroxyl groups is 2. The number of esters is 2. The minimum atomic E-state index is -4.71. The molecule has 0 aliphatic carbocycles. The van der Waals surface area contributed by atoms with Crippen molar-refractivity contribution in [3.05, 3.63) is 29.3 Å². The Hall–Kier alpha value is -2.09. The fourth-order valence-corrected chi connectivity index (χ4v) is 2.60. The van der Waals surface area contributed by atoms with Crippen LogP contribution in [0.1, 0.15) is 34.6 Å². The number of hydrogen-bond acceptors (Lipinski definition) is 10. The molecule has 0 aliphatic heterocycles. The van der Waals surface area contributed by atoms with Crippen LogP contribution in [-0.2, 0) is 29.1 Å². The van der Waals surface area contributed by atoms with E-state index in [0.717, 1.165) is 18.2 Å². The summed E-state index contributed by atoms with van der Waals surface area (Å²) in [5.74, 6) is -1.90. The molecule has 0 heterocycles. The molecular weight excluding hydrogens is 424 g/mol. The molecule has 11 nitrogen and oxygen atoms in total. The van der Waals surface area contributed by atoms with Crippen molar-refractivity contribution in [3.63, 3.8) is 0 Å². The zero-order valence-corrected chi connectivity index (χ0v) is 17.5. The Morgan fingerprint density at radius 2 is 1.23 bits per heavy atom. The quantitative estimate of drug-likeness (QED) is 0.211. The van der Waals surface area contributed by atoms with Gasteiger partial charge in [0.2, 0.25) is 0 Å². The summed E-state index contributed by atoms with van der Waals surface area (Å²) in [6, 6.07) is 2.78. The summed E-state index contributed by atoms with van der Waals surface area (Å²) in [5.41, 5.74) is -0.587. The monoisotopic (exact) mass is 450 g/mol. The van der Waals surface area contributed by atoms with E-state index >= 15 is 0 Å². The topological polar surface area (TPSA) is 166 Å². The lowest BCUT2D eigenvalue weighted by molar-refractivity contribution is 0.0110. The highest BCUT2D eigenvalue weighted by atomic mass is 32.2. The lowest BCUT2D eigenvalue weighted by Crippen LogP contribution is -2.17. The standard InChI is InChI=1S/C18H26O11S/c1-12(19)10-26-3-5-28-17(21)14-7-15(9-16(8-14)30(23,24)25)18(22)29-6-4-27-11-13(2)20/h7-9,12-13,19-20H,3-6,10-11H2,1-2H3,(H,23,24,25). The van der Waals surface area contributed by atoms with Gasteiger partial charge in [0.1, 0.15) is 13.2 Å². The molecule has 0 amide bonds. The van der Waals surface area contributed by atoms with Crippen LogP contribution in [-0.4, -0.2) is 87.0 Å². The molecule has 0 aromatic heterocycles. The maximum atomic E-state index is 12.2. The van der Waals surface area contributed by atoms with Crippen LogP contribution in [0.5, 0.6) is 0 Å². The van der Waals surface area contributed by atoms with Crippen LogP contribution in [0.2, 0.25) is 0 Å². The summed E-state index contributed by atoms with van der Waals surface area (Å²) in [4.78, 5) is 23.6. The summed E-state index contributed by atoms with van der Waals surface area (Å²) in [6.07, 6.45) is -1.36. The Bertz CT molecular complexity index is 754. The first-order valence-electron chi connectivity index (χ1n) is 8.99. The van der Waals surface area contributed by atoms with Gasteiger partial charge in [-0.1, -0.05) is 0 Å². The Morgan fingerprint density at radius 3 is 1.57 bits per heavy atom. The molecule has 1 aromatic carbocycles. The average molecular weight is 450 g/mol. The number of carbonyl (C=O) groups is 2. The molecule has 0 fully saturated rings. The third-order valence-corrected chi connectivity index (χ3v) is 4.15. The minimum Gasteiger partial charge on any atom is -0.460 e. The van der Waals surface area contributed by atoms with Gasteiger partial charge in [0.25, 0.3) is 10.1 Å². The molecule has 1 aromatic rings. The van der Waals surface area contributed by atoms with Gasteiger partial charge in [-0.25, -0.2) is 9.59 Å². The summed E-state index contributed by atoms with van der Waals surface area (Å²) in [5, 5.41) is 18.1. The van der Waals surface area contributed by atoms with E-state index in [-0.39, 0.29) is 50.8 Å². The van der Waals surface area contributed by atoms with Crippen molar-refractivity contribution >= 4 is 22.1 Å². The van der Waals surface area contributed by atoms with Crippen molar-refractivity contribution in [2.45, 2.75) is 31.0 Å². The first-order valence-corrected chi connectivity index (χ1v) is 10.4. The van der Waals surface area contributed by atoms with Crippen molar-refractivity contribution in [3.8, 4) is 0 Å². The van der Waals surface area contributed by atoms with E-state index < -0.39 is 39.2 Å². The largest absolute Gasteiger partial charge is 0.460 e. The van der Waals surface area contributed by atoms with Crippen molar-refractivity contribution in [2.24, 2.45) is 0 Å². The molecule has 0 aliphatic rings. The lowest BCUT2D eigenvalue weighted by atomic mass is 10.1. The van der Waals surface area contributed by atoms with Gasteiger partial charge in [-0.15, -0.1) is 0 Å². The third kappa shape index (κ3) is 10.1. The number of rotatable bonds is 13. The molecule has 3 N–H and O–H groups in total. The molecular formula is C18H26O11S. The maximum Gasteiger partial charge on any atom is 0.338 e. The van der Waals surface area contributed by atoms with E-state index in [9.17, 15) is 22.6 Å². The van der Waals surface area contributed by atoms with E-state index in [2.05, 4.69) is 0 Å². The molecule has 0 saturated carbocycles. The van der Waals surface area contributed by atoms with Crippen LogP contribution in [0, 0.1) is 0 Å². The second-order valence-corrected chi connectivity index (χ2v) is 7.76. The van der Waals surface area contributed by atoms with Gasteiger partial charge in [-0.2, -0.15) is 8.42 Å². The SMILES string of the molecule is CC(O)COCCOC(=O)c1cc(C(=O)OCCOCC(C)O)cc(S(=O)(=O)O)c1. The van der Waals surface area contributed by atoms with Gasteiger partial charge in [0.15, 0.2) is 0 Å². The maximum absolute atomic E-state index is 12.2. The second-order valence-electron chi connectivity index (χ2n) is 6.34. The molecule has 0 spiro atoms. The number of carbonyl (C=O) groups excluding carboxylic acids is 2. The predicted octanol–water partition coefficient (Wildman–Crippen LogP) is 0.0417. The van der Waals surface area contributed by atoms with Crippen molar-refractivity contribution in [1.29, 1.82) is 0 Å². The van der Waals surface area contributed by atoms with Gasteiger partial charge >= 0.3 is 11.9 Å². The Morgan fingerprint density at radius 1 is 0.833 bits per heavy atom. The van der Waals surface area contributed by atoms with Crippen LogP contribution in [0.4, 0.5) is 0 Å². The fraction of sp³-hybridized carbons (Fsp3) is 0.556. The zero-order valence-electron chi connectivity index (χ0n) is 16.6. The van der Waals surface area contributed by atoms with Crippen molar-refractivity contribution in [2.75, 3.05) is 39.6 Å². The van der Waals surface area contributed by atoms with E-state index in [0.29, 0.717) is 0 Å². The minimum absolute atomic E-state index is 0.00398. The number of hydrogen-bond donors (Lipinski definition) is 3. The summed E-state index contributed by atoms with van der Waals surface area (Å²) in [7, 11) is -4.71. The van der Waals surface area contributed by atoms with E-state index in [1.54, 1.807) is 0 Å². The zero-order chi connectivity index (χ0) is 22.7. The summed E-state index contributed by atoms with van der Waals surface area (Å²) in [6.45, 7) is 2.77. The van der Waals surface area contributed by atoms with Gasteiger partial charge in [0, 0.05) is 0 Å². The van der Waals surface area contributed by atoms with Crippen molar-refractivity contribution in [1.82, 2.24) is 0 Å². The van der Waals surface area contributed by atoms with Gasteiger partial charge in [-0.05, 0) is 32.0 Å². The van der Waals surface area contributed by atoms with Crippen LogP contribution >= 0.6 is 0 Å². The van der Waals surface area contributed by atoms with E-state index in [1.165, 1.54) is 13.8 Å². The number of aliphatic hydroxyl groups excluding tert-OH is 2. The Labute approximate surface area is 174 Å². The van der Waals surface area contributed by atoms with Gasteiger partial charge < -0.3 is 29.2 Å². The molecule has 1 rings (SSSR count). The number of ether oxygens (including phenoxy) is 4. The Kier molecular flexibility index (Phi) is 10.9. The Balaban J connectivity index is 2.80. The molecule has 0 saturated heterocycles. The van der Waals surface area contributed by atoms with Crippen LogP contribution in [0.3, 0.4) is 0 Å². The highest BCUT2D eigenvalue weighted by Crippen LogP contribution is 2.17. The molecule has 12 heteroatoms. The first-order chi connectivity index (χ1) is 14.0. The summed E-state index contributed by atoms with van der Waals surface area (Å²) < 4.78 is 52.2. The van der Waals surface area contributed by atoms with Crippen LogP contribution in [0.15, 0.2) is 23.1 Å². The molecule has 0 bridgehead atoms. The molecule has 170 valence electrons. The molecule has 30 heavy (non-hydrogen) atoms. The van der Waals surface area contributed by atoms with Crippen LogP contribution < -0.4 is 0 Å². The van der Waals surface area contributed by atoms with Gasteiger partial charge in [-0.3, -0.25) is 4.55 Å².